The molecule has 7 heterocycles. The Morgan fingerprint density at radius 2 is 1.58 bits per heavy atom. The van der Waals surface area contributed by atoms with Crippen molar-refractivity contribution in [2.75, 3.05) is 50.3 Å². The lowest BCUT2D eigenvalue weighted by molar-refractivity contribution is 0.00699. The Hall–Kier alpha value is -6.86. The molecule has 2 bridgehead atoms. The van der Waals surface area contributed by atoms with E-state index in [9.17, 15) is 4.79 Å². The topological polar surface area (TPSA) is 106 Å². The SMILES string of the molecule is C#Cc1c(F)ccc2cc(N(Cc3ccc(OC)cc3)Cc3ccc(OC)cc3)nc(-c3c(F)c4c5c(nc(OC[C@@]67CCCN6C[C@H](F)C7)nc5c3F)N3C[C@H]5CC[C@@H]([C@H]3CCC4)N5C(=O)OC(C)(C)C)c12. The number of rotatable bonds is 11. The molecule has 6 aromatic rings. The van der Waals surface area contributed by atoms with E-state index in [-0.39, 0.29) is 82.8 Å². The van der Waals surface area contributed by atoms with Gasteiger partial charge in [-0.1, -0.05) is 36.3 Å². The Bertz CT molecular complexity index is 3120. The largest absolute Gasteiger partial charge is 0.497 e. The predicted octanol–water partition coefficient (Wildman–Crippen LogP) is 10.7. The molecule has 380 valence electrons. The van der Waals surface area contributed by atoms with Crippen LogP contribution in [0.5, 0.6) is 17.5 Å². The highest BCUT2D eigenvalue weighted by molar-refractivity contribution is 6.04. The van der Waals surface area contributed by atoms with Gasteiger partial charge >= 0.3 is 12.1 Å². The van der Waals surface area contributed by atoms with E-state index in [0.717, 1.165) is 36.9 Å². The maximum absolute atomic E-state index is 18.6. The number of hydrogen-bond donors (Lipinski definition) is 0. The number of aryl methyl sites for hydroxylation is 1. The van der Waals surface area contributed by atoms with E-state index < -0.39 is 40.3 Å². The summed E-state index contributed by atoms with van der Waals surface area (Å²) < 4.78 is 91.3. The number of anilines is 2. The monoisotopic (exact) mass is 997 g/mol. The maximum atomic E-state index is 18.6. The standard InChI is InChI=1S/C57H59F4N7O5/c1-7-40-42(59)22-16-35-26-45(65(28-33-12-18-38(70-5)19-13-33)29-34-14-20-39(71-6)21-15-34)62-51(46(35)40)48-49(60)41-10-8-11-43-44-23-17-37(68(44)55(69)73-56(2,3)4)31-67(43)53-47(41)52(50(48)61)63-54(64-53)72-32-57-24-9-25-66(57)30-36(58)27-57/h1,12-16,18-22,26,36-37,43-44H,8-11,17,23-25,27-32H2,2-6H3/t36-,37-,43-,44+,57+/m1/s1. The summed E-state index contributed by atoms with van der Waals surface area (Å²) in [5.74, 6) is 1.80. The van der Waals surface area contributed by atoms with Gasteiger partial charge in [-0.2, -0.15) is 9.97 Å². The number of piperazine rings is 1. The second kappa shape index (κ2) is 18.9. The first kappa shape index (κ1) is 48.4. The number of hydrogen-bond acceptors (Lipinski definition) is 11. The molecule has 2 aromatic heterocycles. The van der Waals surface area contributed by atoms with Crippen LogP contribution in [0.15, 0.2) is 66.7 Å². The molecule has 0 N–H and O–H groups in total. The molecule has 5 atom stereocenters. The van der Waals surface area contributed by atoms with E-state index >= 15 is 17.6 Å². The zero-order chi connectivity index (χ0) is 50.9. The number of methoxy groups -OCH3 is 2. The van der Waals surface area contributed by atoms with Crippen LogP contribution in [-0.4, -0.2) is 107 Å². The van der Waals surface area contributed by atoms with Crippen molar-refractivity contribution in [2.24, 2.45) is 0 Å². The first-order valence-corrected chi connectivity index (χ1v) is 25.3. The second-order valence-electron chi connectivity index (χ2n) is 21.2. The summed E-state index contributed by atoms with van der Waals surface area (Å²) in [4.78, 5) is 36.9. The van der Waals surface area contributed by atoms with E-state index in [2.05, 4.69) is 15.7 Å². The summed E-state index contributed by atoms with van der Waals surface area (Å²) in [7, 11) is 3.19. The van der Waals surface area contributed by atoms with E-state index in [1.165, 1.54) is 6.07 Å². The zero-order valence-corrected chi connectivity index (χ0v) is 41.8. The molecule has 0 saturated carbocycles. The molecule has 73 heavy (non-hydrogen) atoms. The molecule has 12 nitrogen and oxygen atoms in total. The number of carbonyl (C=O) groups excluding carboxylic acids is 1. The summed E-state index contributed by atoms with van der Waals surface area (Å²) in [6.45, 7) is 7.59. The fourth-order valence-corrected chi connectivity index (χ4v) is 12.3. The minimum absolute atomic E-state index is 0.0679. The average Bonchev–Trinajstić information content (AvgIpc) is 4.02. The molecule has 4 saturated heterocycles. The van der Waals surface area contributed by atoms with Crippen LogP contribution in [0.1, 0.15) is 88.0 Å². The number of terminal acetylenes is 1. The number of amides is 1. The maximum Gasteiger partial charge on any atom is 0.410 e. The number of fused-ring (bicyclic) bond motifs is 7. The minimum atomic E-state index is -1.04. The number of carbonyl (C=O) groups is 1. The highest BCUT2D eigenvalue weighted by Gasteiger charge is 2.52. The smallest absolute Gasteiger partial charge is 0.410 e. The number of ether oxygens (including phenoxy) is 4. The highest BCUT2D eigenvalue weighted by atomic mass is 19.1. The van der Waals surface area contributed by atoms with Crippen molar-refractivity contribution in [2.45, 2.75) is 121 Å². The fourth-order valence-electron chi connectivity index (χ4n) is 12.3. The first-order valence-electron chi connectivity index (χ1n) is 25.3. The molecule has 16 heteroatoms. The predicted molar refractivity (Wildman–Crippen MR) is 271 cm³/mol. The molecule has 5 aliphatic rings. The van der Waals surface area contributed by atoms with Crippen molar-refractivity contribution in [3.05, 3.63) is 106 Å². The number of pyridine rings is 1. The third-order valence-corrected chi connectivity index (χ3v) is 15.6. The van der Waals surface area contributed by atoms with E-state index in [0.29, 0.717) is 74.0 Å². The van der Waals surface area contributed by atoms with E-state index in [1.54, 1.807) is 26.4 Å². The van der Waals surface area contributed by atoms with Gasteiger partial charge in [0.2, 0.25) is 0 Å². The Kier molecular flexibility index (Phi) is 12.5. The molecule has 4 fully saturated rings. The van der Waals surface area contributed by atoms with Crippen LogP contribution in [-0.2, 0) is 24.2 Å². The normalized spacial score (nSPS) is 22.4. The van der Waals surface area contributed by atoms with Gasteiger partial charge in [-0.3, -0.25) is 9.80 Å². The van der Waals surface area contributed by atoms with Crippen molar-refractivity contribution in [1.82, 2.24) is 24.8 Å². The molecule has 0 radical (unpaired) electrons. The van der Waals surface area contributed by atoms with Crippen LogP contribution < -0.4 is 24.0 Å². The van der Waals surface area contributed by atoms with Gasteiger partial charge in [0.05, 0.1) is 60.1 Å². The first-order chi connectivity index (χ1) is 35.1. The second-order valence-corrected chi connectivity index (χ2v) is 21.2. The van der Waals surface area contributed by atoms with Crippen LogP contribution in [0, 0.1) is 29.8 Å². The molecule has 0 aliphatic carbocycles. The Balaban J connectivity index is 1.10. The Morgan fingerprint density at radius 3 is 2.25 bits per heavy atom. The third kappa shape index (κ3) is 8.76. The van der Waals surface area contributed by atoms with Crippen LogP contribution in [0.25, 0.3) is 32.9 Å². The van der Waals surface area contributed by atoms with Gasteiger partial charge in [-0.05, 0) is 125 Å². The van der Waals surface area contributed by atoms with Crippen LogP contribution >= 0.6 is 0 Å². The van der Waals surface area contributed by atoms with Crippen molar-refractivity contribution >= 4 is 39.4 Å². The van der Waals surface area contributed by atoms with Crippen LogP contribution in [0.4, 0.5) is 34.0 Å². The molecular formula is C57H59F4N7O5. The quantitative estimate of drug-likeness (QED) is 0.0915. The number of alkyl halides is 1. The molecule has 5 aliphatic heterocycles. The number of halogens is 4. The van der Waals surface area contributed by atoms with Crippen molar-refractivity contribution in [1.29, 1.82) is 0 Å². The molecule has 4 aromatic carbocycles. The van der Waals surface area contributed by atoms with E-state index in [4.69, 9.17) is 40.3 Å². The lowest BCUT2D eigenvalue weighted by Gasteiger charge is -2.48. The van der Waals surface area contributed by atoms with Crippen molar-refractivity contribution in [3.8, 4) is 41.1 Å². The summed E-state index contributed by atoms with van der Waals surface area (Å²) in [5.41, 5.74) is -0.397. The molecule has 11 rings (SSSR count). The summed E-state index contributed by atoms with van der Waals surface area (Å²) in [6.07, 6.45) is 9.15. The number of nitrogens with zero attached hydrogens (tertiary/aromatic N) is 7. The zero-order valence-electron chi connectivity index (χ0n) is 41.8. The van der Waals surface area contributed by atoms with Gasteiger partial charge in [-0.15, -0.1) is 6.42 Å². The minimum Gasteiger partial charge on any atom is -0.497 e. The average molecular weight is 998 g/mol. The Morgan fingerprint density at radius 1 is 0.863 bits per heavy atom. The van der Waals surface area contributed by atoms with Crippen LogP contribution in [0.2, 0.25) is 0 Å². The van der Waals surface area contributed by atoms with Gasteiger partial charge in [-0.25, -0.2) is 27.3 Å². The highest BCUT2D eigenvalue weighted by Crippen LogP contribution is 2.48. The summed E-state index contributed by atoms with van der Waals surface area (Å²) in [5, 5.41) is 0.677. The van der Waals surface area contributed by atoms with E-state index in [1.807, 2.05) is 79.1 Å². The van der Waals surface area contributed by atoms with Crippen LogP contribution in [0.3, 0.4) is 0 Å². The van der Waals surface area contributed by atoms with Crippen molar-refractivity contribution in [3.63, 3.8) is 0 Å². The lowest BCUT2D eigenvalue weighted by atomic mass is 9.89. The number of aromatic nitrogens is 3. The molecular weight excluding hydrogens is 939 g/mol. The molecule has 0 spiro atoms. The van der Waals surface area contributed by atoms with Gasteiger partial charge < -0.3 is 28.7 Å². The van der Waals surface area contributed by atoms with Gasteiger partial charge in [0, 0.05) is 43.5 Å². The molecule has 0 unspecified atom stereocenters. The van der Waals surface area contributed by atoms with Gasteiger partial charge in [0.1, 0.15) is 58.7 Å². The Labute approximate surface area is 422 Å². The van der Waals surface area contributed by atoms with Crippen molar-refractivity contribution < 1.29 is 41.3 Å². The lowest BCUT2D eigenvalue weighted by Crippen LogP contribution is -2.62. The number of benzene rings is 4. The summed E-state index contributed by atoms with van der Waals surface area (Å²) >= 11 is 0. The molecule has 1 amide bonds. The fraction of sp³-hybridized carbons (Fsp3) is 0.439. The van der Waals surface area contributed by atoms with Gasteiger partial charge in [0.25, 0.3) is 0 Å². The third-order valence-electron chi connectivity index (χ3n) is 15.6. The van der Waals surface area contributed by atoms with Gasteiger partial charge in [0.15, 0.2) is 5.82 Å². The summed E-state index contributed by atoms with van der Waals surface area (Å²) in [6, 6.07) is 18.8.